The minimum atomic E-state index is 0.00658. The number of carbonyl (C=O) groups is 2. The molecule has 1 saturated heterocycles. The second-order valence-electron chi connectivity index (χ2n) is 8.88. The van der Waals surface area contributed by atoms with E-state index in [0.717, 1.165) is 27.6 Å². The van der Waals surface area contributed by atoms with Crippen LogP contribution in [0, 0.1) is 0 Å². The number of aromatic nitrogens is 2. The fraction of sp³-hybridized carbons (Fsp3) is 0.250. The lowest BCUT2D eigenvalue weighted by atomic mass is 10.1. The number of hydrogen-bond acceptors (Lipinski definition) is 4. The second kappa shape index (κ2) is 10.5. The third kappa shape index (κ3) is 5.41. The molecule has 35 heavy (non-hydrogen) atoms. The maximum atomic E-state index is 13.5. The first-order valence-electron chi connectivity index (χ1n) is 12.0. The van der Waals surface area contributed by atoms with Gasteiger partial charge in [0.15, 0.2) is 0 Å². The quantitative estimate of drug-likeness (QED) is 0.453. The maximum Gasteiger partial charge on any atom is 0.256 e. The highest BCUT2D eigenvalue weighted by atomic mass is 16.2. The van der Waals surface area contributed by atoms with Crippen LogP contribution in [0.4, 0.5) is 0 Å². The minimum absolute atomic E-state index is 0.00658. The summed E-state index contributed by atoms with van der Waals surface area (Å²) in [7, 11) is 0. The fourth-order valence-electron chi connectivity index (χ4n) is 4.57. The van der Waals surface area contributed by atoms with Crippen LogP contribution in [0.15, 0.2) is 85.3 Å². The average Bonchev–Trinajstić information content (AvgIpc) is 3.27. The van der Waals surface area contributed by atoms with Gasteiger partial charge < -0.3 is 14.8 Å². The Hall–Kier alpha value is -3.97. The first-order chi connectivity index (χ1) is 17.2. The van der Waals surface area contributed by atoms with E-state index >= 15 is 0 Å². The topological polar surface area (TPSA) is 70.5 Å². The highest BCUT2D eigenvalue weighted by Crippen LogP contribution is 2.24. The molecule has 0 radical (unpaired) electrons. The summed E-state index contributed by atoms with van der Waals surface area (Å²) in [5.74, 6) is 0.0476. The van der Waals surface area contributed by atoms with Crippen molar-refractivity contribution in [2.45, 2.75) is 13.1 Å². The van der Waals surface area contributed by atoms with E-state index in [4.69, 9.17) is 0 Å². The number of hydrogen-bond donors (Lipinski definition) is 1. The molecule has 0 bridgehead atoms. The van der Waals surface area contributed by atoms with Crippen LogP contribution in [-0.2, 0) is 17.9 Å². The lowest BCUT2D eigenvalue weighted by molar-refractivity contribution is -0.122. The Morgan fingerprint density at radius 1 is 0.857 bits per heavy atom. The zero-order chi connectivity index (χ0) is 24.0. The molecule has 178 valence electrons. The molecule has 1 N–H and O–H groups in total. The second-order valence-corrected chi connectivity index (χ2v) is 8.88. The molecular formula is C28H29N5O2. The lowest BCUT2D eigenvalue weighted by Gasteiger charge is -2.34. The number of carbonyl (C=O) groups excluding carboxylic acids is 2. The van der Waals surface area contributed by atoms with Crippen LogP contribution in [0.2, 0.25) is 0 Å². The van der Waals surface area contributed by atoms with Crippen molar-refractivity contribution in [2.75, 3.05) is 32.7 Å². The zero-order valence-electron chi connectivity index (χ0n) is 19.6. The number of nitrogens with zero attached hydrogens (tertiary/aromatic N) is 4. The van der Waals surface area contributed by atoms with Gasteiger partial charge in [0.05, 0.1) is 12.1 Å². The third-order valence-corrected chi connectivity index (χ3v) is 6.45. The lowest BCUT2D eigenvalue weighted by Crippen LogP contribution is -2.51. The first-order valence-corrected chi connectivity index (χ1v) is 12.0. The molecule has 2 amide bonds. The summed E-state index contributed by atoms with van der Waals surface area (Å²) in [4.78, 5) is 34.1. The standard InChI is InChI=1S/C28H29N5O2/c34-27(30-18-22-7-2-1-3-8-22)21-31-13-15-32(16-14-31)28(35)25-20-33(19-23-9-6-12-29-17-23)26-11-5-4-10-24(25)26/h1-12,17,20H,13-16,18-19,21H2,(H,30,34). The number of benzene rings is 2. The molecule has 3 heterocycles. The Labute approximate surface area is 205 Å². The van der Waals surface area contributed by atoms with E-state index in [1.807, 2.05) is 78.0 Å². The summed E-state index contributed by atoms with van der Waals surface area (Å²) in [6.45, 7) is 4.10. The van der Waals surface area contributed by atoms with Crippen molar-refractivity contribution in [3.8, 4) is 0 Å². The van der Waals surface area contributed by atoms with Crippen molar-refractivity contribution >= 4 is 22.7 Å². The van der Waals surface area contributed by atoms with Crippen LogP contribution in [0.5, 0.6) is 0 Å². The number of rotatable bonds is 7. The van der Waals surface area contributed by atoms with E-state index in [1.165, 1.54) is 0 Å². The monoisotopic (exact) mass is 467 g/mol. The third-order valence-electron chi connectivity index (χ3n) is 6.45. The molecule has 0 saturated carbocycles. The van der Waals surface area contributed by atoms with Crippen molar-refractivity contribution in [1.82, 2.24) is 24.7 Å². The van der Waals surface area contributed by atoms with Gasteiger partial charge in [0.25, 0.3) is 5.91 Å². The van der Waals surface area contributed by atoms with Gasteiger partial charge in [-0.2, -0.15) is 0 Å². The van der Waals surface area contributed by atoms with Crippen molar-refractivity contribution in [2.24, 2.45) is 0 Å². The fourth-order valence-corrected chi connectivity index (χ4v) is 4.57. The van der Waals surface area contributed by atoms with E-state index in [9.17, 15) is 9.59 Å². The van der Waals surface area contributed by atoms with Gasteiger partial charge in [-0.1, -0.05) is 54.6 Å². The van der Waals surface area contributed by atoms with Crippen LogP contribution in [0.1, 0.15) is 21.5 Å². The normalized spacial score (nSPS) is 14.2. The summed E-state index contributed by atoms with van der Waals surface area (Å²) in [6.07, 6.45) is 5.58. The number of piperazine rings is 1. The van der Waals surface area contributed by atoms with E-state index in [2.05, 4.69) is 25.8 Å². The number of para-hydroxylation sites is 1. The molecule has 0 unspecified atom stereocenters. The van der Waals surface area contributed by atoms with Gasteiger partial charge >= 0.3 is 0 Å². The molecule has 1 aliphatic rings. The summed E-state index contributed by atoms with van der Waals surface area (Å²) in [6, 6.07) is 21.9. The van der Waals surface area contributed by atoms with Crippen LogP contribution < -0.4 is 5.32 Å². The molecular weight excluding hydrogens is 438 g/mol. The molecule has 0 aliphatic carbocycles. The van der Waals surface area contributed by atoms with Gasteiger partial charge in [0.1, 0.15) is 0 Å². The number of fused-ring (bicyclic) bond motifs is 1. The number of nitrogens with one attached hydrogen (secondary N) is 1. The zero-order valence-corrected chi connectivity index (χ0v) is 19.6. The van der Waals surface area contributed by atoms with Crippen molar-refractivity contribution in [1.29, 1.82) is 0 Å². The van der Waals surface area contributed by atoms with E-state index in [1.54, 1.807) is 6.20 Å². The van der Waals surface area contributed by atoms with Gasteiger partial charge in [0, 0.05) is 68.8 Å². The van der Waals surface area contributed by atoms with Gasteiger partial charge in [-0.3, -0.25) is 19.5 Å². The number of amides is 2. The Morgan fingerprint density at radius 3 is 2.37 bits per heavy atom. The molecule has 4 aromatic rings. The highest BCUT2D eigenvalue weighted by Gasteiger charge is 2.25. The van der Waals surface area contributed by atoms with E-state index in [0.29, 0.717) is 45.8 Å². The van der Waals surface area contributed by atoms with Gasteiger partial charge in [-0.25, -0.2) is 0 Å². The molecule has 1 fully saturated rings. The number of pyridine rings is 1. The maximum absolute atomic E-state index is 13.5. The molecule has 0 spiro atoms. The van der Waals surface area contributed by atoms with Crippen molar-refractivity contribution in [3.63, 3.8) is 0 Å². The Kier molecular flexibility index (Phi) is 6.86. The molecule has 7 heteroatoms. The van der Waals surface area contributed by atoms with Crippen LogP contribution in [-0.4, -0.2) is 63.9 Å². The molecule has 2 aromatic heterocycles. The smallest absolute Gasteiger partial charge is 0.256 e. The predicted molar refractivity (Wildman–Crippen MR) is 136 cm³/mol. The van der Waals surface area contributed by atoms with Gasteiger partial charge in [-0.15, -0.1) is 0 Å². The largest absolute Gasteiger partial charge is 0.351 e. The summed E-state index contributed by atoms with van der Waals surface area (Å²) >= 11 is 0. The Balaban J connectivity index is 1.20. The van der Waals surface area contributed by atoms with Crippen molar-refractivity contribution in [3.05, 3.63) is 102 Å². The predicted octanol–water partition coefficient (Wildman–Crippen LogP) is 3.16. The van der Waals surface area contributed by atoms with Crippen LogP contribution >= 0.6 is 0 Å². The van der Waals surface area contributed by atoms with E-state index < -0.39 is 0 Å². The Morgan fingerprint density at radius 2 is 1.60 bits per heavy atom. The van der Waals surface area contributed by atoms with Crippen LogP contribution in [0.25, 0.3) is 10.9 Å². The summed E-state index contributed by atoms with van der Waals surface area (Å²) in [5, 5.41) is 3.94. The highest BCUT2D eigenvalue weighted by molar-refractivity contribution is 6.07. The summed E-state index contributed by atoms with van der Waals surface area (Å²) < 4.78 is 2.12. The average molecular weight is 468 g/mol. The van der Waals surface area contributed by atoms with Gasteiger partial charge in [0.2, 0.25) is 5.91 Å². The molecule has 1 aliphatic heterocycles. The molecule has 5 rings (SSSR count). The molecule has 0 atom stereocenters. The van der Waals surface area contributed by atoms with E-state index in [-0.39, 0.29) is 11.8 Å². The molecule has 7 nitrogen and oxygen atoms in total. The minimum Gasteiger partial charge on any atom is -0.351 e. The first kappa shape index (κ1) is 22.8. The SMILES string of the molecule is O=C(CN1CCN(C(=O)c2cn(Cc3cccnc3)c3ccccc23)CC1)NCc1ccccc1. The molecule has 2 aromatic carbocycles. The summed E-state index contributed by atoms with van der Waals surface area (Å²) in [5.41, 5.74) is 3.93. The van der Waals surface area contributed by atoms with Gasteiger partial charge in [-0.05, 0) is 23.3 Å². The van der Waals surface area contributed by atoms with Crippen molar-refractivity contribution < 1.29 is 9.59 Å². The Bertz CT molecular complexity index is 1290. The van der Waals surface area contributed by atoms with Crippen LogP contribution in [0.3, 0.4) is 0 Å².